The largest absolute Gasteiger partial charge is 0.241 e. The summed E-state index contributed by atoms with van der Waals surface area (Å²) in [6.07, 6.45) is 1.92. The molecule has 2 nitrogen and oxygen atoms in total. The summed E-state index contributed by atoms with van der Waals surface area (Å²) in [5, 5.41) is 0. The van der Waals surface area contributed by atoms with Crippen LogP contribution in [-0.2, 0) is 5.75 Å². The molecule has 0 aliphatic carbocycles. The quantitative estimate of drug-likeness (QED) is 0.770. The smallest absolute Gasteiger partial charge is 0.125 e. The fourth-order valence-corrected chi connectivity index (χ4v) is 2.66. The molecule has 1 aromatic heterocycles. The molecule has 88 valence electrons. The fourth-order valence-electron chi connectivity index (χ4n) is 1.64. The Kier molecular flexibility index (Phi) is 3.79. The van der Waals surface area contributed by atoms with Crippen LogP contribution in [0.2, 0.25) is 0 Å². The topological polar surface area (TPSA) is 25.8 Å². The van der Waals surface area contributed by atoms with Crippen LogP contribution in [0.3, 0.4) is 0 Å². The third-order valence-corrected chi connectivity index (χ3v) is 3.87. The van der Waals surface area contributed by atoms with Crippen LogP contribution in [0.4, 0.5) is 0 Å². The molecule has 0 atom stereocenters. The molecular weight excluding hydrogens is 228 g/mol. The fraction of sp³-hybridized carbons (Fsp3) is 0.286. The molecule has 0 fully saturated rings. The molecule has 3 heteroatoms. The van der Waals surface area contributed by atoms with Gasteiger partial charge in [-0.1, -0.05) is 24.3 Å². The number of hydrogen-bond acceptors (Lipinski definition) is 3. The maximum absolute atomic E-state index is 4.38. The van der Waals surface area contributed by atoms with Gasteiger partial charge in [-0.15, -0.1) is 11.8 Å². The first-order valence-electron chi connectivity index (χ1n) is 5.64. The summed E-state index contributed by atoms with van der Waals surface area (Å²) in [7, 11) is 0. The van der Waals surface area contributed by atoms with E-state index >= 15 is 0 Å². The number of rotatable bonds is 3. The van der Waals surface area contributed by atoms with Crippen molar-refractivity contribution in [1.29, 1.82) is 0 Å². The average molecular weight is 244 g/mol. The number of aromatic nitrogens is 2. The molecule has 0 bridgehead atoms. The lowest BCUT2D eigenvalue weighted by Gasteiger charge is -2.07. The molecule has 0 saturated heterocycles. The van der Waals surface area contributed by atoms with Crippen LogP contribution < -0.4 is 0 Å². The Morgan fingerprint density at radius 3 is 2.59 bits per heavy atom. The summed E-state index contributed by atoms with van der Waals surface area (Å²) in [4.78, 5) is 9.78. The van der Waals surface area contributed by atoms with Crippen LogP contribution in [0.5, 0.6) is 0 Å². The Morgan fingerprint density at radius 1 is 1.12 bits per heavy atom. The van der Waals surface area contributed by atoms with Crippen LogP contribution in [0, 0.1) is 20.8 Å². The molecule has 0 aliphatic rings. The summed E-state index contributed by atoms with van der Waals surface area (Å²) in [5.41, 5.74) is 3.78. The zero-order valence-electron chi connectivity index (χ0n) is 10.4. The normalized spacial score (nSPS) is 10.5. The van der Waals surface area contributed by atoms with E-state index in [-0.39, 0.29) is 0 Å². The zero-order valence-corrected chi connectivity index (χ0v) is 11.2. The van der Waals surface area contributed by atoms with Crippen molar-refractivity contribution < 1.29 is 0 Å². The molecule has 0 aliphatic heterocycles. The SMILES string of the molecule is Cc1ncc(SCc2ccccc2C)c(C)n1. The molecule has 0 radical (unpaired) electrons. The molecule has 2 aromatic rings. The van der Waals surface area contributed by atoms with Crippen LogP contribution in [0.15, 0.2) is 35.4 Å². The number of benzene rings is 1. The zero-order chi connectivity index (χ0) is 12.3. The van der Waals surface area contributed by atoms with Gasteiger partial charge in [-0.25, -0.2) is 9.97 Å². The van der Waals surface area contributed by atoms with E-state index in [4.69, 9.17) is 0 Å². The van der Waals surface area contributed by atoms with Crippen LogP contribution in [0.1, 0.15) is 22.6 Å². The van der Waals surface area contributed by atoms with E-state index in [1.54, 1.807) is 11.8 Å². The molecule has 0 saturated carbocycles. The highest BCUT2D eigenvalue weighted by molar-refractivity contribution is 7.98. The molecule has 0 spiro atoms. The Bertz CT molecular complexity index is 523. The van der Waals surface area contributed by atoms with Gasteiger partial charge in [0.05, 0.1) is 5.69 Å². The van der Waals surface area contributed by atoms with Crippen molar-refractivity contribution >= 4 is 11.8 Å². The van der Waals surface area contributed by atoms with E-state index in [9.17, 15) is 0 Å². The van der Waals surface area contributed by atoms with Gasteiger partial charge in [-0.3, -0.25) is 0 Å². The van der Waals surface area contributed by atoms with Crippen molar-refractivity contribution in [3.8, 4) is 0 Å². The van der Waals surface area contributed by atoms with E-state index in [1.807, 2.05) is 20.0 Å². The van der Waals surface area contributed by atoms with Gasteiger partial charge in [0.25, 0.3) is 0 Å². The maximum Gasteiger partial charge on any atom is 0.125 e. The van der Waals surface area contributed by atoms with Gasteiger partial charge in [0.15, 0.2) is 0 Å². The Hall–Kier alpha value is -1.35. The summed E-state index contributed by atoms with van der Waals surface area (Å²) >= 11 is 1.80. The first-order valence-corrected chi connectivity index (χ1v) is 6.63. The minimum atomic E-state index is 0.836. The predicted octanol–water partition coefficient (Wildman–Crippen LogP) is 3.69. The first kappa shape index (κ1) is 12.1. The van der Waals surface area contributed by atoms with Gasteiger partial charge < -0.3 is 0 Å². The summed E-state index contributed by atoms with van der Waals surface area (Å²) in [5.74, 6) is 1.81. The van der Waals surface area contributed by atoms with E-state index in [0.29, 0.717) is 0 Å². The molecule has 1 heterocycles. The molecule has 0 amide bonds. The van der Waals surface area contributed by atoms with Gasteiger partial charge >= 0.3 is 0 Å². The van der Waals surface area contributed by atoms with Crippen LogP contribution >= 0.6 is 11.8 Å². The molecule has 0 N–H and O–H groups in total. The lowest BCUT2D eigenvalue weighted by Crippen LogP contribution is -1.93. The summed E-state index contributed by atoms with van der Waals surface area (Å²) in [6, 6.07) is 8.48. The van der Waals surface area contributed by atoms with E-state index in [1.165, 1.54) is 16.0 Å². The van der Waals surface area contributed by atoms with Crippen molar-refractivity contribution in [2.45, 2.75) is 31.4 Å². The highest BCUT2D eigenvalue weighted by Gasteiger charge is 2.03. The van der Waals surface area contributed by atoms with Crippen molar-refractivity contribution in [3.05, 3.63) is 53.1 Å². The van der Waals surface area contributed by atoms with Crippen molar-refractivity contribution in [2.75, 3.05) is 0 Å². The highest BCUT2D eigenvalue weighted by Crippen LogP contribution is 2.25. The maximum atomic E-state index is 4.38. The van der Waals surface area contributed by atoms with Crippen molar-refractivity contribution in [3.63, 3.8) is 0 Å². The second-order valence-corrected chi connectivity index (χ2v) is 5.10. The number of hydrogen-bond donors (Lipinski definition) is 0. The third kappa shape index (κ3) is 3.07. The number of aryl methyl sites for hydroxylation is 3. The van der Waals surface area contributed by atoms with E-state index < -0.39 is 0 Å². The van der Waals surface area contributed by atoms with Gasteiger partial charge in [-0.2, -0.15) is 0 Å². The molecule has 0 unspecified atom stereocenters. The molecular formula is C14H16N2S. The van der Waals surface area contributed by atoms with Crippen molar-refractivity contribution in [1.82, 2.24) is 9.97 Å². The molecule has 17 heavy (non-hydrogen) atoms. The Balaban J connectivity index is 2.10. The summed E-state index contributed by atoms with van der Waals surface area (Å²) in [6.45, 7) is 6.10. The van der Waals surface area contributed by atoms with Gasteiger partial charge in [-0.05, 0) is 31.9 Å². The van der Waals surface area contributed by atoms with Gasteiger partial charge in [0, 0.05) is 16.8 Å². The average Bonchev–Trinajstić information content (AvgIpc) is 2.30. The Labute approximate surface area is 107 Å². The van der Waals surface area contributed by atoms with Gasteiger partial charge in [0.1, 0.15) is 5.82 Å². The van der Waals surface area contributed by atoms with E-state index in [0.717, 1.165) is 17.3 Å². The molecule has 1 aromatic carbocycles. The van der Waals surface area contributed by atoms with Crippen LogP contribution in [0.25, 0.3) is 0 Å². The predicted molar refractivity (Wildman–Crippen MR) is 72.2 cm³/mol. The van der Waals surface area contributed by atoms with Crippen LogP contribution in [-0.4, -0.2) is 9.97 Å². The minimum Gasteiger partial charge on any atom is -0.241 e. The molecule has 2 rings (SSSR count). The first-order chi connectivity index (χ1) is 8.16. The Morgan fingerprint density at radius 2 is 1.88 bits per heavy atom. The summed E-state index contributed by atoms with van der Waals surface area (Å²) < 4.78 is 0. The standard InChI is InChI=1S/C14H16N2S/c1-10-6-4-5-7-13(10)9-17-14-8-15-12(3)16-11(14)2/h4-8H,9H2,1-3H3. The lowest BCUT2D eigenvalue weighted by molar-refractivity contribution is 0.958. The number of nitrogens with zero attached hydrogens (tertiary/aromatic N) is 2. The third-order valence-electron chi connectivity index (χ3n) is 2.70. The monoisotopic (exact) mass is 244 g/mol. The van der Waals surface area contributed by atoms with Gasteiger partial charge in [0.2, 0.25) is 0 Å². The second-order valence-electron chi connectivity index (χ2n) is 4.08. The van der Waals surface area contributed by atoms with Crippen molar-refractivity contribution in [2.24, 2.45) is 0 Å². The number of thioether (sulfide) groups is 1. The highest BCUT2D eigenvalue weighted by atomic mass is 32.2. The minimum absolute atomic E-state index is 0.836. The second kappa shape index (κ2) is 5.32. The lowest BCUT2D eigenvalue weighted by atomic mass is 10.1. The van der Waals surface area contributed by atoms with E-state index in [2.05, 4.69) is 41.2 Å².